The zero-order valence-electron chi connectivity index (χ0n) is 20.7. The maximum absolute atomic E-state index is 13.6. The van der Waals surface area contributed by atoms with Crippen LogP contribution >= 0.6 is 11.6 Å². The number of aromatic nitrogens is 3. The average Bonchev–Trinajstić information content (AvgIpc) is 3.37. The molecule has 0 radical (unpaired) electrons. The van der Waals surface area contributed by atoms with Crippen molar-refractivity contribution in [1.82, 2.24) is 14.8 Å². The Morgan fingerprint density at radius 2 is 1.86 bits per heavy atom. The molecule has 1 aliphatic rings. The Morgan fingerprint density at radius 1 is 1.08 bits per heavy atom. The summed E-state index contributed by atoms with van der Waals surface area (Å²) >= 11 is 5.98. The van der Waals surface area contributed by atoms with Gasteiger partial charge in [-0.15, -0.1) is 0 Å². The Morgan fingerprint density at radius 3 is 2.62 bits per heavy atom. The lowest BCUT2D eigenvalue weighted by molar-refractivity contribution is -0.113. The number of allylic oxidation sites excluding steroid dienone is 1. The van der Waals surface area contributed by atoms with Gasteiger partial charge in [-0.05, 0) is 60.9 Å². The molecule has 8 nitrogen and oxygen atoms in total. The van der Waals surface area contributed by atoms with Crippen LogP contribution in [0.2, 0.25) is 5.02 Å². The maximum atomic E-state index is 13.6. The minimum Gasteiger partial charge on any atom is -0.493 e. The van der Waals surface area contributed by atoms with E-state index in [1.165, 1.54) is 6.33 Å². The van der Waals surface area contributed by atoms with E-state index in [1.807, 2.05) is 80.6 Å². The Kier molecular flexibility index (Phi) is 6.83. The molecule has 3 aromatic carbocycles. The van der Waals surface area contributed by atoms with Gasteiger partial charge in [0.25, 0.3) is 5.91 Å². The number of fused-ring (bicyclic) bond motifs is 1. The number of aryl methyl sites for hydroxylation is 1. The van der Waals surface area contributed by atoms with Crippen molar-refractivity contribution in [1.29, 1.82) is 0 Å². The van der Waals surface area contributed by atoms with E-state index in [-0.39, 0.29) is 5.91 Å². The summed E-state index contributed by atoms with van der Waals surface area (Å²) in [6.45, 7) is 4.17. The van der Waals surface area contributed by atoms with Gasteiger partial charge in [-0.1, -0.05) is 48.0 Å². The summed E-state index contributed by atoms with van der Waals surface area (Å²) in [5.41, 5.74) is 4.73. The normalized spacial score (nSPS) is 14.5. The lowest BCUT2D eigenvalue weighted by atomic mass is 9.94. The Bertz CT molecular complexity index is 1480. The van der Waals surface area contributed by atoms with Gasteiger partial charge in [-0.2, -0.15) is 10.1 Å². The molecule has 1 aromatic heterocycles. The van der Waals surface area contributed by atoms with Gasteiger partial charge in [-0.25, -0.2) is 4.68 Å². The van der Waals surface area contributed by atoms with Crippen LogP contribution in [0.1, 0.15) is 29.7 Å². The van der Waals surface area contributed by atoms with Crippen molar-refractivity contribution in [3.05, 3.63) is 106 Å². The van der Waals surface area contributed by atoms with Gasteiger partial charge < -0.3 is 20.1 Å². The van der Waals surface area contributed by atoms with Crippen LogP contribution in [-0.2, 0) is 11.4 Å². The van der Waals surface area contributed by atoms with Gasteiger partial charge in [0.15, 0.2) is 11.5 Å². The summed E-state index contributed by atoms with van der Waals surface area (Å²) in [5.74, 6) is 1.45. The van der Waals surface area contributed by atoms with Crippen LogP contribution < -0.4 is 20.1 Å². The SMILES string of the molecule is COc1cc([C@H]2C(C(=O)Nc3ccccc3C)=C(C)Nc3ncnn32)ccc1OCc1ccc(Cl)cc1. The molecule has 0 aliphatic carbocycles. The molecule has 2 heterocycles. The fourth-order valence-electron chi connectivity index (χ4n) is 4.31. The van der Waals surface area contributed by atoms with Crippen molar-refractivity contribution in [3.63, 3.8) is 0 Å². The molecule has 0 saturated carbocycles. The van der Waals surface area contributed by atoms with Gasteiger partial charge in [0, 0.05) is 16.4 Å². The van der Waals surface area contributed by atoms with Crippen LogP contribution in [-0.4, -0.2) is 27.8 Å². The van der Waals surface area contributed by atoms with E-state index < -0.39 is 6.04 Å². The zero-order valence-corrected chi connectivity index (χ0v) is 21.4. The number of benzene rings is 3. The second kappa shape index (κ2) is 10.4. The summed E-state index contributed by atoms with van der Waals surface area (Å²) in [6.07, 6.45) is 1.46. The molecule has 9 heteroatoms. The van der Waals surface area contributed by atoms with Crippen LogP contribution in [0.4, 0.5) is 11.6 Å². The van der Waals surface area contributed by atoms with Crippen molar-refractivity contribution < 1.29 is 14.3 Å². The topological polar surface area (TPSA) is 90.3 Å². The Hall–Kier alpha value is -4.30. The standard InChI is InChI=1S/C28H26ClN5O3/c1-17-6-4-5-7-22(17)33-27(35)25-18(2)32-28-30-16-31-34(28)26(25)20-10-13-23(24(14-20)36-3)37-15-19-8-11-21(29)12-9-19/h4-14,16,26H,15H2,1-3H3,(H,33,35)(H,30,31,32)/t26-/m0/s1. The van der Waals surface area contributed by atoms with Gasteiger partial charge in [0.1, 0.15) is 19.0 Å². The van der Waals surface area contributed by atoms with Crippen molar-refractivity contribution in [2.24, 2.45) is 0 Å². The molecule has 1 amide bonds. The Labute approximate surface area is 219 Å². The largest absolute Gasteiger partial charge is 0.493 e. The van der Waals surface area contributed by atoms with E-state index in [9.17, 15) is 4.79 Å². The highest BCUT2D eigenvalue weighted by Gasteiger charge is 2.34. The molecule has 1 atom stereocenters. The third-order valence-corrected chi connectivity index (χ3v) is 6.50. The van der Waals surface area contributed by atoms with E-state index in [1.54, 1.807) is 11.8 Å². The minimum atomic E-state index is -0.526. The molecule has 1 aliphatic heterocycles. The number of nitrogens with one attached hydrogen (secondary N) is 2. The Balaban J connectivity index is 1.47. The number of amides is 1. The van der Waals surface area contributed by atoms with Gasteiger partial charge in [-0.3, -0.25) is 4.79 Å². The quantitative estimate of drug-likeness (QED) is 0.325. The van der Waals surface area contributed by atoms with E-state index >= 15 is 0 Å². The number of carbonyl (C=O) groups excluding carboxylic acids is 1. The fourth-order valence-corrected chi connectivity index (χ4v) is 4.44. The molecule has 2 N–H and O–H groups in total. The molecule has 37 heavy (non-hydrogen) atoms. The highest BCUT2D eigenvalue weighted by molar-refractivity contribution is 6.30. The monoisotopic (exact) mass is 515 g/mol. The number of nitrogens with zero attached hydrogens (tertiary/aromatic N) is 3. The lowest BCUT2D eigenvalue weighted by Gasteiger charge is -2.29. The average molecular weight is 516 g/mol. The van der Waals surface area contributed by atoms with Crippen LogP contribution in [0.15, 0.2) is 84.3 Å². The molecule has 0 spiro atoms. The van der Waals surface area contributed by atoms with Crippen LogP contribution in [0.5, 0.6) is 11.5 Å². The maximum Gasteiger partial charge on any atom is 0.255 e. The van der Waals surface area contributed by atoms with Gasteiger partial charge in [0.2, 0.25) is 5.95 Å². The molecule has 0 unspecified atom stereocenters. The van der Waals surface area contributed by atoms with Gasteiger partial charge in [0.05, 0.1) is 12.7 Å². The van der Waals surface area contributed by atoms with E-state index in [0.717, 1.165) is 22.4 Å². The predicted molar refractivity (Wildman–Crippen MR) is 143 cm³/mol. The number of halogens is 1. The number of para-hydroxylation sites is 1. The molecule has 0 fully saturated rings. The van der Waals surface area contributed by atoms with Crippen LogP contribution in [0, 0.1) is 6.92 Å². The first-order valence-corrected chi connectivity index (χ1v) is 12.1. The summed E-state index contributed by atoms with van der Waals surface area (Å²) < 4.78 is 13.4. The highest BCUT2D eigenvalue weighted by atomic mass is 35.5. The summed E-state index contributed by atoms with van der Waals surface area (Å²) in [4.78, 5) is 17.9. The van der Waals surface area contributed by atoms with Crippen molar-refractivity contribution in [2.45, 2.75) is 26.5 Å². The smallest absolute Gasteiger partial charge is 0.255 e. The fraction of sp³-hybridized carbons (Fsp3) is 0.179. The number of carbonyl (C=O) groups is 1. The summed E-state index contributed by atoms with van der Waals surface area (Å²) in [6, 6.07) is 20.2. The first-order valence-electron chi connectivity index (χ1n) is 11.7. The molecule has 0 saturated heterocycles. The zero-order chi connectivity index (χ0) is 25.9. The second-order valence-electron chi connectivity index (χ2n) is 8.69. The van der Waals surface area contributed by atoms with E-state index in [4.69, 9.17) is 21.1 Å². The minimum absolute atomic E-state index is 0.229. The number of rotatable bonds is 7. The van der Waals surface area contributed by atoms with Crippen LogP contribution in [0.3, 0.4) is 0 Å². The molecule has 4 aromatic rings. The molecular formula is C28H26ClN5O3. The molecule has 188 valence electrons. The van der Waals surface area contributed by atoms with Crippen molar-refractivity contribution >= 4 is 29.1 Å². The highest BCUT2D eigenvalue weighted by Crippen LogP contribution is 2.39. The third-order valence-electron chi connectivity index (χ3n) is 6.24. The second-order valence-corrected chi connectivity index (χ2v) is 9.13. The number of hydrogen-bond donors (Lipinski definition) is 2. The number of methoxy groups -OCH3 is 1. The summed E-state index contributed by atoms with van der Waals surface area (Å²) in [7, 11) is 1.59. The molecule has 0 bridgehead atoms. The van der Waals surface area contributed by atoms with Crippen molar-refractivity contribution in [2.75, 3.05) is 17.7 Å². The van der Waals surface area contributed by atoms with E-state index in [2.05, 4.69) is 20.7 Å². The first-order chi connectivity index (χ1) is 17.9. The predicted octanol–water partition coefficient (Wildman–Crippen LogP) is 5.76. The lowest BCUT2D eigenvalue weighted by Crippen LogP contribution is -2.31. The molecule has 5 rings (SSSR count). The third kappa shape index (κ3) is 5.01. The first kappa shape index (κ1) is 24.4. The van der Waals surface area contributed by atoms with Crippen molar-refractivity contribution in [3.8, 4) is 11.5 Å². The van der Waals surface area contributed by atoms with E-state index in [0.29, 0.717) is 40.3 Å². The number of anilines is 2. The number of hydrogen-bond acceptors (Lipinski definition) is 6. The van der Waals surface area contributed by atoms with Crippen LogP contribution in [0.25, 0.3) is 0 Å². The van der Waals surface area contributed by atoms with Gasteiger partial charge >= 0.3 is 0 Å². The number of ether oxygens (including phenoxy) is 2. The summed E-state index contributed by atoms with van der Waals surface area (Å²) in [5, 5.41) is 11.3. The molecular weight excluding hydrogens is 490 g/mol.